The van der Waals surface area contributed by atoms with Gasteiger partial charge < -0.3 is 5.73 Å². The molecule has 3 nitrogen and oxygen atoms in total. The molecule has 0 unspecified atom stereocenters. The maximum absolute atomic E-state index is 5.98. The van der Waals surface area contributed by atoms with Crippen LogP contribution in [0.15, 0.2) is 53.7 Å². The standard InChI is InChI=1S/C16H17N3S/c1-2-20-16-9-5-8-14(12(16)10-17)19-11-18-13-6-3-4-7-15(13)19/h3-9,11H,2,10,17H2,1H3. The van der Waals surface area contributed by atoms with Gasteiger partial charge in [0.15, 0.2) is 0 Å². The normalized spacial score (nSPS) is 11.1. The Morgan fingerprint density at radius 3 is 2.80 bits per heavy atom. The van der Waals surface area contributed by atoms with E-state index < -0.39 is 0 Å². The molecule has 0 radical (unpaired) electrons. The number of aromatic nitrogens is 2. The monoisotopic (exact) mass is 283 g/mol. The topological polar surface area (TPSA) is 43.8 Å². The van der Waals surface area contributed by atoms with Crippen molar-refractivity contribution in [2.75, 3.05) is 5.75 Å². The molecule has 0 amide bonds. The van der Waals surface area contributed by atoms with Crippen molar-refractivity contribution in [2.45, 2.75) is 18.4 Å². The molecule has 0 saturated heterocycles. The Morgan fingerprint density at radius 2 is 2.00 bits per heavy atom. The number of hydrogen-bond acceptors (Lipinski definition) is 3. The van der Waals surface area contributed by atoms with Gasteiger partial charge in [0.25, 0.3) is 0 Å². The van der Waals surface area contributed by atoms with Gasteiger partial charge in [-0.1, -0.05) is 25.1 Å². The van der Waals surface area contributed by atoms with Gasteiger partial charge in [0.1, 0.15) is 6.33 Å². The molecule has 1 heterocycles. The SMILES string of the molecule is CCSc1cccc(-n2cnc3ccccc32)c1CN. The lowest BCUT2D eigenvalue weighted by molar-refractivity contribution is 0.968. The molecule has 0 aliphatic carbocycles. The van der Waals surface area contributed by atoms with Crippen LogP contribution in [-0.2, 0) is 6.54 Å². The number of nitrogens with two attached hydrogens (primary N) is 1. The third-order valence-electron chi connectivity index (χ3n) is 3.33. The summed E-state index contributed by atoms with van der Waals surface area (Å²) in [4.78, 5) is 5.72. The minimum Gasteiger partial charge on any atom is -0.326 e. The molecule has 0 aliphatic rings. The summed E-state index contributed by atoms with van der Waals surface area (Å²) in [6.45, 7) is 2.69. The van der Waals surface area contributed by atoms with Gasteiger partial charge in [-0.2, -0.15) is 0 Å². The summed E-state index contributed by atoms with van der Waals surface area (Å²) in [6, 6.07) is 14.5. The van der Waals surface area contributed by atoms with Crippen molar-refractivity contribution in [1.82, 2.24) is 9.55 Å². The van der Waals surface area contributed by atoms with Crippen LogP contribution in [0.4, 0.5) is 0 Å². The number of fused-ring (bicyclic) bond motifs is 1. The van der Waals surface area contributed by atoms with E-state index in [0.29, 0.717) is 6.54 Å². The zero-order valence-electron chi connectivity index (χ0n) is 11.4. The van der Waals surface area contributed by atoms with Gasteiger partial charge in [-0.15, -0.1) is 11.8 Å². The predicted molar refractivity (Wildman–Crippen MR) is 85.4 cm³/mol. The highest BCUT2D eigenvalue weighted by Gasteiger charge is 2.11. The van der Waals surface area contributed by atoms with Crippen LogP contribution in [0.25, 0.3) is 16.7 Å². The molecular formula is C16H17N3S. The number of imidazole rings is 1. The number of thioether (sulfide) groups is 1. The molecule has 2 N–H and O–H groups in total. The van der Waals surface area contributed by atoms with Gasteiger partial charge in [-0.05, 0) is 30.0 Å². The van der Waals surface area contributed by atoms with Crippen LogP contribution >= 0.6 is 11.8 Å². The Kier molecular flexibility index (Phi) is 3.76. The second kappa shape index (κ2) is 5.69. The zero-order chi connectivity index (χ0) is 13.9. The molecule has 0 fully saturated rings. The molecule has 2 aromatic carbocycles. The average Bonchev–Trinajstić information content (AvgIpc) is 2.91. The number of nitrogens with zero attached hydrogens (tertiary/aromatic N) is 2. The maximum Gasteiger partial charge on any atom is 0.100 e. The number of hydrogen-bond donors (Lipinski definition) is 1. The first-order valence-corrected chi connectivity index (χ1v) is 7.71. The van der Waals surface area contributed by atoms with Crippen molar-refractivity contribution in [3.8, 4) is 5.69 Å². The molecule has 102 valence electrons. The van der Waals surface area contributed by atoms with Gasteiger partial charge in [0, 0.05) is 17.0 Å². The zero-order valence-corrected chi connectivity index (χ0v) is 12.2. The third-order valence-corrected chi connectivity index (χ3v) is 4.31. The van der Waals surface area contributed by atoms with E-state index >= 15 is 0 Å². The fourth-order valence-electron chi connectivity index (χ4n) is 2.43. The molecule has 0 atom stereocenters. The van der Waals surface area contributed by atoms with Crippen molar-refractivity contribution in [3.05, 3.63) is 54.4 Å². The highest BCUT2D eigenvalue weighted by atomic mass is 32.2. The van der Waals surface area contributed by atoms with E-state index in [1.165, 1.54) is 10.5 Å². The molecule has 3 aromatic rings. The second-order valence-electron chi connectivity index (χ2n) is 4.49. The van der Waals surface area contributed by atoms with E-state index in [0.717, 1.165) is 22.5 Å². The van der Waals surface area contributed by atoms with Crippen LogP contribution < -0.4 is 5.73 Å². The molecule has 0 bridgehead atoms. The molecular weight excluding hydrogens is 266 g/mol. The van der Waals surface area contributed by atoms with Crippen LogP contribution in [0.1, 0.15) is 12.5 Å². The molecule has 0 spiro atoms. The van der Waals surface area contributed by atoms with Gasteiger partial charge in [-0.25, -0.2) is 4.98 Å². The summed E-state index contributed by atoms with van der Waals surface area (Å²) in [7, 11) is 0. The van der Waals surface area contributed by atoms with Gasteiger partial charge in [0.2, 0.25) is 0 Å². The molecule has 3 rings (SSSR count). The van der Waals surface area contributed by atoms with E-state index in [9.17, 15) is 0 Å². The van der Waals surface area contributed by atoms with Crippen molar-refractivity contribution in [2.24, 2.45) is 5.73 Å². The van der Waals surface area contributed by atoms with Gasteiger partial charge in [0.05, 0.1) is 16.7 Å². The van der Waals surface area contributed by atoms with E-state index in [1.807, 2.05) is 36.3 Å². The van der Waals surface area contributed by atoms with Crippen LogP contribution in [0.3, 0.4) is 0 Å². The highest BCUT2D eigenvalue weighted by molar-refractivity contribution is 7.99. The summed E-state index contributed by atoms with van der Waals surface area (Å²) in [5.74, 6) is 1.04. The van der Waals surface area contributed by atoms with Crippen molar-refractivity contribution < 1.29 is 0 Å². The van der Waals surface area contributed by atoms with Crippen molar-refractivity contribution in [1.29, 1.82) is 0 Å². The van der Waals surface area contributed by atoms with E-state index in [2.05, 4.69) is 40.7 Å². The third kappa shape index (κ3) is 2.21. The molecule has 0 aliphatic heterocycles. The summed E-state index contributed by atoms with van der Waals surface area (Å²) in [5, 5.41) is 0. The molecule has 20 heavy (non-hydrogen) atoms. The fraction of sp³-hybridized carbons (Fsp3) is 0.188. The summed E-state index contributed by atoms with van der Waals surface area (Å²) in [5.41, 5.74) is 10.4. The Balaban J connectivity index is 2.21. The lowest BCUT2D eigenvalue weighted by Gasteiger charge is -2.14. The molecule has 1 aromatic heterocycles. The summed E-state index contributed by atoms with van der Waals surface area (Å²) >= 11 is 1.83. The van der Waals surface area contributed by atoms with Gasteiger partial charge in [-0.3, -0.25) is 4.57 Å². The van der Waals surface area contributed by atoms with Crippen LogP contribution in [0.2, 0.25) is 0 Å². The minimum atomic E-state index is 0.533. The lowest BCUT2D eigenvalue weighted by Crippen LogP contribution is -2.05. The quantitative estimate of drug-likeness (QED) is 0.744. The second-order valence-corrected chi connectivity index (χ2v) is 5.80. The van der Waals surface area contributed by atoms with Gasteiger partial charge >= 0.3 is 0 Å². The molecule has 0 saturated carbocycles. The first-order valence-electron chi connectivity index (χ1n) is 6.72. The number of rotatable bonds is 4. The Hall–Kier alpha value is -1.78. The predicted octanol–water partition coefficient (Wildman–Crippen LogP) is 3.60. The summed E-state index contributed by atoms with van der Waals surface area (Å²) < 4.78 is 2.12. The summed E-state index contributed by atoms with van der Waals surface area (Å²) in [6.07, 6.45) is 1.87. The maximum atomic E-state index is 5.98. The van der Waals surface area contributed by atoms with E-state index in [1.54, 1.807) is 0 Å². The van der Waals surface area contributed by atoms with Crippen LogP contribution in [0.5, 0.6) is 0 Å². The van der Waals surface area contributed by atoms with E-state index in [4.69, 9.17) is 5.73 Å². The van der Waals surface area contributed by atoms with Crippen LogP contribution in [0, 0.1) is 0 Å². The van der Waals surface area contributed by atoms with Crippen molar-refractivity contribution >= 4 is 22.8 Å². The number of para-hydroxylation sites is 2. The largest absolute Gasteiger partial charge is 0.326 e. The fourth-order valence-corrected chi connectivity index (χ4v) is 3.27. The lowest BCUT2D eigenvalue weighted by atomic mass is 10.1. The first kappa shape index (κ1) is 13.2. The Morgan fingerprint density at radius 1 is 1.15 bits per heavy atom. The van der Waals surface area contributed by atoms with Crippen LogP contribution in [-0.4, -0.2) is 15.3 Å². The minimum absolute atomic E-state index is 0.533. The average molecular weight is 283 g/mol. The Bertz CT molecular complexity index is 733. The first-order chi connectivity index (χ1) is 9.85. The molecule has 4 heteroatoms. The van der Waals surface area contributed by atoms with E-state index in [-0.39, 0.29) is 0 Å². The highest BCUT2D eigenvalue weighted by Crippen LogP contribution is 2.29. The smallest absolute Gasteiger partial charge is 0.100 e. The van der Waals surface area contributed by atoms with Crippen molar-refractivity contribution in [3.63, 3.8) is 0 Å². The number of benzene rings is 2. The Labute approximate surface area is 122 Å².